The molecule has 1 rings (SSSR count). The minimum absolute atomic E-state index is 0.372. The monoisotopic (exact) mass is 242 g/mol. The molecule has 0 atom stereocenters. The van der Waals surface area contributed by atoms with E-state index in [-0.39, 0.29) is 6.79 Å². The third-order valence-electron chi connectivity index (χ3n) is 2.47. The van der Waals surface area contributed by atoms with Crippen molar-refractivity contribution in [1.29, 1.82) is 0 Å². The topological polar surface area (TPSA) is 47.9 Å². The maximum atomic E-state index is 8.81. The summed E-state index contributed by atoms with van der Waals surface area (Å²) < 4.78 is 15.8. The van der Waals surface area contributed by atoms with Crippen LogP contribution in [0.3, 0.4) is 0 Å². The van der Waals surface area contributed by atoms with Crippen molar-refractivity contribution in [2.45, 2.75) is 12.5 Å². The highest BCUT2D eigenvalue weighted by atomic mass is 28.4. The van der Waals surface area contributed by atoms with Gasteiger partial charge in [0.05, 0.1) is 0 Å². The third kappa shape index (κ3) is 3.69. The molecule has 0 saturated carbocycles. The van der Waals surface area contributed by atoms with E-state index in [1.165, 1.54) is 5.56 Å². The third-order valence-corrected chi connectivity index (χ3v) is 5.14. The molecule has 0 unspecified atom stereocenters. The van der Waals surface area contributed by atoms with Crippen molar-refractivity contribution in [3.8, 4) is 0 Å². The van der Waals surface area contributed by atoms with Crippen molar-refractivity contribution in [2.75, 3.05) is 21.0 Å². The Labute approximate surface area is 97.1 Å². The Hall–Kier alpha value is -0.723. The van der Waals surface area contributed by atoms with Crippen molar-refractivity contribution >= 4 is 8.80 Å². The van der Waals surface area contributed by atoms with Gasteiger partial charge in [0.25, 0.3) is 0 Å². The van der Waals surface area contributed by atoms with E-state index in [1.54, 1.807) is 14.2 Å². The molecule has 0 heterocycles. The van der Waals surface area contributed by atoms with Gasteiger partial charge in [-0.05, 0) is 12.0 Å². The zero-order valence-electron chi connectivity index (χ0n) is 9.68. The summed E-state index contributed by atoms with van der Waals surface area (Å²) >= 11 is 0. The molecule has 0 amide bonds. The van der Waals surface area contributed by atoms with Gasteiger partial charge < -0.3 is 18.4 Å². The molecule has 0 aromatic heterocycles. The maximum absolute atomic E-state index is 8.81. The van der Waals surface area contributed by atoms with E-state index >= 15 is 0 Å². The Morgan fingerprint density at radius 3 is 2.25 bits per heavy atom. The van der Waals surface area contributed by atoms with E-state index < -0.39 is 8.80 Å². The highest BCUT2D eigenvalue weighted by molar-refractivity contribution is 6.60. The molecule has 1 aromatic carbocycles. The second-order valence-corrected chi connectivity index (χ2v) is 6.32. The summed E-state index contributed by atoms with van der Waals surface area (Å²) in [5.74, 6) is 0. The number of aryl methyl sites for hydroxylation is 1. The largest absolute Gasteiger partial charge is 0.502 e. The zero-order valence-corrected chi connectivity index (χ0v) is 10.7. The first-order valence-electron chi connectivity index (χ1n) is 5.15. The average Bonchev–Trinajstić information content (AvgIpc) is 2.36. The number of hydrogen-bond donors (Lipinski definition) is 1. The van der Waals surface area contributed by atoms with Gasteiger partial charge in [-0.15, -0.1) is 0 Å². The van der Waals surface area contributed by atoms with E-state index in [2.05, 4.69) is 0 Å². The molecule has 0 aliphatic carbocycles. The minimum atomic E-state index is -2.68. The van der Waals surface area contributed by atoms with Crippen molar-refractivity contribution < 1.29 is 18.4 Å². The number of rotatable bonds is 7. The summed E-state index contributed by atoms with van der Waals surface area (Å²) in [7, 11) is 0.428. The highest BCUT2D eigenvalue weighted by Gasteiger charge is 2.38. The van der Waals surface area contributed by atoms with Gasteiger partial charge in [-0.1, -0.05) is 30.3 Å². The van der Waals surface area contributed by atoms with Gasteiger partial charge in [0.2, 0.25) is 0 Å². The van der Waals surface area contributed by atoms with E-state index in [4.69, 9.17) is 18.4 Å². The van der Waals surface area contributed by atoms with Gasteiger partial charge in [0.1, 0.15) is 6.79 Å². The van der Waals surface area contributed by atoms with Crippen LogP contribution in [0.25, 0.3) is 0 Å². The van der Waals surface area contributed by atoms with Crippen LogP contribution in [0.2, 0.25) is 6.04 Å². The maximum Gasteiger partial charge on any atom is 0.502 e. The second-order valence-electron chi connectivity index (χ2n) is 3.35. The van der Waals surface area contributed by atoms with Crippen LogP contribution in [0.5, 0.6) is 0 Å². The van der Waals surface area contributed by atoms with Crippen LogP contribution in [0, 0.1) is 0 Å². The fraction of sp³-hybridized carbons (Fsp3) is 0.455. The predicted molar refractivity (Wildman–Crippen MR) is 62.9 cm³/mol. The molecule has 5 heteroatoms. The highest BCUT2D eigenvalue weighted by Crippen LogP contribution is 2.17. The lowest BCUT2D eigenvalue weighted by atomic mass is 10.2. The molecular formula is C11H18O4Si. The van der Waals surface area contributed by atoms with Gasteiger partial charge >= 0.3 is 8.80 Å². The molecule has 0 radical (unpaired) electrons. The van der Waals surface area contributed by atoms with Crippen LogP contribution < -0.4 is 0 Å². The molecule has 0 aliphatic heterocycles. The van der Waals surface area contributed by atoms with Crippen molar-refractivity contribution in [3.63, 3.8) is 0 Å². The number of benzene rings is 1. The lowest BCUT2D eigenvalue weighted by Gasteiger charge is -2.25. The summed E-state index contributed by atoms with van der Waals surface area (Å²) in [4.78, 5) is 0. The number of hydrogen-bond acceptors (Lipinski definition) is 4. The van der Waals surface area contributed by atoms with Crippen LogP contribution >= 0.6 is 0 Å². The minimum Gasteiger partial charge on any atom is -0.377 e. The Balaban J connectivity index is 2.56. The first-order valence-corrected chi connectivity index (χ1v) is 7.08. The Kier molecular flexibility index (Phi) is 5.65. The fourth-order valence-electron chi connectivity index (χ4n) is 1.52. The molecular weight excluding hydrogens is 224 g/mol. The summed E-state index contributed by atoms with van der Waals surface area (Å²) in [5, 5.41) is 8.81. The van der Waals surface area contributed by atoms with Crippen LogP contribution in [-0.2, 0) is 19.7 Å². The van der Waals surface area contributed by atoms with Gasteiger partial charge in [-0.3, -0.25) is 0 Å². The Bertz CT molecular complexity index is 287. The standard InChI is InChI=1S/C11H18O4Si/c1-13-16(14-2,15-10-12)9-8-11-6-4-3-5-7-11/h3-7,12H,8-10H2,1-2H3. The van der Waals surface area contributed by atoms with Gasteiger partial charge in [-0.2, -0.15) is 0 Å². The van der Waals surface area contributed by atoms with Crippen LogP contribution in [0.15, 0.2) is 30.3 Å². The fourth-order valence-corrected chi connectivity index (χ4v) is 3.26. The Morgan fingerprint density at radius 1 is 1.12 bits per heavy atom. The summed E-state index contributed by atoms with van der Waals surface area (Å²) in [6, 6.07) is 10.7. The van der Waals surface area contributed by atoms with Crippen LogP contribution in [0.1, 0.15) is 5.56 Å². The molecule has 16 heavy (non-hydrogen) atoms. The van der Waals surface area contributed by atoms with Gasteiger partial charge in [0.15, 0.2) is 0 Å². The lowest BCUT2D eigenvalue weighted by Crippen LogP contribution is -2.44. The summed E-state index contributed by atoms with van der Waals surface area (Å²) in [5.41, 5.74) is 1.20. The first-order chi connectivity index (χ1) is 7.76. The molecule has 1 aromatic rings. The molecule has 90 valence electrons. The van der Waals surface area contributed by atoms with Crippen molar-refractivity contribution in [1.82, 2.24) is 0 Å². The van der Waals surface area contributed by atoms with Crippen LogP contribution in [-0.4, -0.2) is 34.9 Å². The second kappa shape index (κ2) is 6.77. The van der Waals surface area contributed by atoms with E-state index in [0.29, 0.717) is 6.04 Å². The van der Waals surface area contributed by atoms with Crippen molar-refractivity contribution in [3.05, 3.63) is 35.9 Å². The first kappa shape index (κ1) is 13.3. The molecule has 0 bridgehead atoms. The van der Waals surface area contributed by atoms with E-state index in [9.17, 15) is 0 Å². The van der Waals surface area contributed by atoms with Gasteiger partial charge in [0, 0.05) is 20.3 Å². The molecule has 4 nitrogen and oxygen atoms in total. The van der Waals surface area contributed by atoms with E-state index in [1.807, 2.05) is 30.3 Å². The molecule has 0 saturated heterocycles. The SMILES string of the molecule is CO[Si](CCc1ccccc1)(OC)OCO. The zero-order chi connectivity index (χ0) is 11.9. The summed E-state index contributed by atoms with van der Waals surface area (Å²) in [6.07, 6.45) is 0.814. The predicted octanol–water partition coefficient (Wildman–Crippen LogP) is 1.43. The molecule has 0 aliphatic rings. The van der Waals surface area contributed by atoms with Crippen LogP contribution in [0.4, 0.5) is 0 Å². The summed E-state index contributed by atoms with van der Waals surface area (Å²) in [6.45, 7) is -0.372. The molecule has 0 spiro atoms. The van der Waals surface area contributed by atoms with Gasteiger partial charge in [-0.25, -0.2) is 0 Å². The lowest BCUT2D eigenvalue weighted by molar-refractivity contribution is 0.0150. The Morgan fingerprint density at radius 2 is 1.75 bits per heavy atom. The number of aliphatic hydroxyl groups excluding tert-OH is 1. The quantitative estimate of drug-likeness (QED) is 0.580. The number of aliphatic hydroxyl groups is 1. The smallest absolute Gasteiger partial charge is 0.377 e. The average molecular weight is 242 g/mol. The molecule has 1 N–H and O–H groups in total. The van der Waals surface area contributed by atoms with Crippen molar-refractivity contribution in [2.24, 2.45) is 0 Å². The molecule has 0 fully saturated rings. The van der Waals surface area contributed by atoms with E-state index in [0.717, 1.165) is 6.42 Å². The normalized spacial score (nSPS) is 11.7.